The molecule has 4 nitrogen and oxygen atoms in total. The van der Waals surface area contributed by atoms with E-state index in [4.69, 9.17) is 11.0 Å². The molecule has 1 aliphatic rings. The summed E-state index contributed by atoms with van der Waals surface area (Å²) in [6, 6.07) is 9.67. The third-order valence-corrected chi connectivity index (χ3v) is 4.03. The number of hydrogen-bond donors (Lipinski definition) is 2. The van der Waals surface area contributed by atoms with Crippen LogP contribution in [0.4, 0.5) is 5.69 Å². The van der Waals surface area contributed by atoms with Crippen molar-refractivity contribution in [2.24, 2.45) is 5.73 Å². The van der Waals surface area contributed by atoms with Crippen LogP contribution in [0, 0.1) is 11.3 Å². The van der Waals surface area contributed by atoms with Crippen molar-refractivity contribution in [1.29, 1.82) is 5.26 Å². The first-order chi connectivity index (χ1) is 9.35. The SMILES string of the molecule is CC(C)(C#N)c1ccc(NC(=O)CC2(N)CCC2)cc1. The van der Waals surface area contributed by atoms with Gasteiger partial charge in [0.05, 0.1) is 11.5 Å². The molecule has 4 heteroatoms. The lowest BCUT2D eigenvalue weighted by Crippen LogP contribution is -2.48. The summed E-state index contributed by atoms with van der Waals surface area (Å²) in [5, 5.41) is 12.0. The quantitative estimate of drug-likeness (QED) is 0.883. The summed E-state index contributed by atoms with van der Waals surface area (Å²) < 4.78 is 0. The number of amides is 1. The van der Waals surface area contributed by atoms with Gasteiger partial charge in [-0.3, -0.25) is 4.79 Å². The van der Waals surface area contributed by atoms with E-state index in [1.54, 1.807) is 0 Å². The highest BCUT2D eigenvalue weighted by atomic mass is 16.1. The van der Waals surface area contributed by atoms with Gasteiger partial charge in [0, 0.05) is 17.6 Å². The number of hydrogen-bond acceptors (Lipinski definition) is 3. The molecule has 106 valence electrons. The summed E-state index contributed by atoms with van der Waals surface area (Å²) >= 11 is 0. The monoisotopic (exact) mass is 271 g/mol. The Morgan fingerprint density at radius 1 is 1.40 bits per heavy atom. The van der Waals surface area contributed by atoms with Gasteiger partial charge in [-0.25, -0.2) is 0 Å². The van der Waals surface area contributed by atoms with Crippen molar-refractivity contribution in [1.82, 2.24) is 0 Å². The van der Waals surface area contributed by atoms with E-state index in [2.05, 4.69) is 11.4 Å². The molecule has 1 aromatic carbocycles. The highest BCUT2D eigenvalue weighted by Crippen LogP contribution is 2.32. The molecule has 1 aromatic rings. The Bertz CT molecular complexity index is 536. The lowest BCUT2D eigenvalue weighted by molar-refractivity contribution is -0.118. The minimum atomic E-state index is -0.518. The largest absolute Gasteiger partial charge is 0.326 e. The van der Waals surface area contributed by atoms with Gasteiger partial charge in [-0.1, -0.05) is 12.1 Å². The van der Waals surface area contributed by atoms with Gasteiger partial charge >= 0.3 is 0 Å². The Balaban J connectivity index is 1.97. The van der Waals surface area contributed by atoms with E-state index >= 15 is 0 Å². The molecule has 0 unspecified atom stereocenters. The normalized spacial score (nSPS) is 16.9. The van der Waals surface area contributed by atoms with E-state index < -0.39 is 5.41 Å². The molecule has 0 radical (unpaired) electrons. The lowest BCUT2D eigenvalue weighted by atomic mass is 9.75. The maximum absolute atomic E-state index is 11.9. The van der Waals surface area contributed by atoms with Crippen LogP contribution in [-0.4, -0.2) is 11.4 Å². The van der Waals surface area contributed by atoms with E-state index in [9.17, 15) is 4.79 Å². The third-order valence-electron chi connectivity index (χ3n) is 4.03. The zero-order valence-corrected chi connectivity index (χ0v) is 12.1. The predicted molar refractivity (Wildman–Crippen MR) is 79.1 cm³/mol. The van der Waals surface area contributed by atoms with Gasteiger partial charge in [0.25, 0.3) is 0 Å². The summed E-state index contributed by atoms with van der Waals surface area (Å²) in [6.07, 6.45) is 3.34. The van der Waals surface area contributed by atoms with Crippen LogP contribution in [0.15, 0.2) is 24.3 Å². The van der Waals surface area contributed by atoms with Crippen LogP contribution in [0.2, 0.25) is 0 Å². The predicted octanol–water partition coefficient (Wildman–Crippen LogP) is 2.70. The molecule has 1 saturated carbocycles. The second-order valence-corrected chi connectivity index (χ2v) is 6.26. The molecule has 1 fully saturated rings. The van der Waals surface area contributed by atoms with E-state index in [1.807, 2.05) is 38.1 Å². The minimum Gasteiger partial charge on any atom is -0.326 e. The van der Waals surface area contributed by atoms with Crippen molar-refractivity contribution >= 4 is 11.6 Å². The molecule has 0 heterocycles. The number of carbonyl (C=O) groups excluding carboxylic acids is 1. The maximum Gasteiger partial charge on any atom is 0.226 e. The van der Waals surface area contributed by atoms with Crippen molar-refractivity contribution in [3.05, 3.63) is 29.8 Å². The summed E-state index contributed by atoms with van der Waals surface area (Å²) in [4.78, 5) is 11.9. The van der Waals surface area contributed by atoms with Crippen molar-refractivity contribution in [3.63, 3.8) is 0 Å². The molecule has 0 bridgehead atoms. The highest BCUT2D eigenvalue weighted by Gasteiger charge is 2.34. The molecule has 0 aliphatic heterocycles. The number of nitriles is 1. The fourth-order valence-electron chi connectivity index (χ4n) is 2.37. The zero-order valence-electron chi connectivity index (χ0n) is 12.1. The fourth-order valence-corrected chi connectivity index (χ4v) is 2.37. The van der Waals surface area contributed by atoms with E-state index in [1.165, 1.54) is 0 Å². The molecule has 2 rings (SSSR count). The standard InChI is InChI=1S/C16H21N3O/c1-15(2,11-17)12-4-6-13(7-5-12)19-14(20)10-16(18)8-3-9-16/h4-7H,3,8-10,18H2,1-2H3,(H,19,20). The van der Waals surface area contributed by atoms with Gasteiger partial charge in [-0.2, -0.15) is 5.26 Å². The van der Waals surface area contributed by atoms with Crippen molar-refractivity contribution in [2.75, 3.05) is 5.32 Å². The van der Waals surface area contributed by atoms with E-state index in [0.29, 0.717) is 6.42 Å². The molecule has 1 amide bonds. The van der Waals surface area contributed by atoms with E-state index in [-0.39, 0.29) is 11.4 Å². The van der Waals surface area contributed by atoms with Crippen molar-refractivity contribution in [2.45, 2.75) is 50.5 Å². The number of nitrogens with two attached hydrogens (primary N) is 1. The van der Waals surface area contributed by atoms with Gasteiger partial charge < -0.3 is 11.1 Å². The second kappa shape index (κ2) is 5.26. The average molecular weight is 271 g/mol. The Kier molecular flexibility index (Phi) is 3.82. The Hall–Kier alpha value is -1.86. The van der Waals surface area contributed by atoms with Crippen LogP contribution in [0.5, 0.6) is 0 Å². The van der Waals surface area contributed by atoms with Crippen LogP contribution in [0.3, 0.4) is 0 Å². The first kappa shape index (κ1) is 14.5. The molecular formula is C16H21N3O. The first-order valence-electron chi connectivity index (χ1n) is 6.95. The summed E-state index contributed by atoms with van der Waals surface area (Å²) in [5.41, 5.74) is 6.93. The lowest BCUT2D eigenvalue weighted by Gasteiger charge is -2.37. The molecule has 0 atom stereocenters. The van der Waals surface area contributed by atoms with E-state index in [0.717, 1.165) is 30.5 Å². The third kappa shape index (κ3) is 3.17. The van der Waals surface area contributed by atoms with Crippen LogP contribution in [0.1, 0.15) is 45.1 Å². The summed E-state index contributed by atoms with van der Waals surface area (Å²) in [6.45, 7) is 3.74. The Morgan fingerprint density at radius 3 is 2.45 bits per heavy atom. The van der Waals surface area contributed by atoms with Gasteiger partial charge in [0.15, 0.2) is 0 Å². The van der Waals surface area contributed by atoms with Crippen LogP contribution in [-0.2, 0) is 10.2 Å². The molecule has 1 aliphatic carbocycles. The number of nitrogens with zero attached hydrogens (tertiary/aromatic N) is 1. The number of rotatable bonds is 4. The Labute approximate surface area is 120 Å². The maximum atomic E-state index is 11.9. The number of nitrogens with one attached hydrogen (secondary N) is 1. The van der Waals surface area contributed by atoms with Crippen molar-refractivity contribution in [3.8, 4) is 6.07 Å². The second-order valence-electron chi connectivity index (χ2n) is 6.26. The minimum absolute atomic E-state index is 0.0421. The fraction of sp³-hybridized carbons (Fsp3) is 0.500. The molecule has 0 aromatic heterocycles. The van der Waals surface area contributed by atoms with Gasteiger partial charge in [-0.05, 0) is 50.8 Å². The summed E-state index contributed by atoms with van der Waals surface area (Å²) in [5.74, 6) is -0.0421. The average Bonchev–Trinajstić information content (AvgIpc) is 2.37. The van der Waals surface area contributed by atoms with Crippen molar-refractivity contribution < 1.29 is 4.79 Å². The molecule has 20 heavy (non-hydrogen) atoms. The van der Waals surface area contributed by atoms with Crippen LogP contribution >= 0.6 is 0 Å². The molecule has 0 saturated heterocycles. The molecule has 3 N–H and O–H groups in total. The van der Waals surface area contributed by atoms with Crippen LogP contribution in [0.25, 0.3) is 0 Å². The topological polar surface area (TPSA) is 78.9 Å². The Morgan fingerprint density at radius 2 is 2.00 bits per heavy atom. The number of benzene rings is 1. The molecular weight excluding hydrogens is 250 g/mol. The number of anilines is 1. The van der Waals surface area contributed by atoms with Gasteiger partial charge in [0.1, 0.15) is 0 Å². The van der Waals surface area contributed by atoms with Gasteiger partial charge in [-0.15, -0.1) is 0 Å². The number of carbonyl (C=O) groups is 1. The molecule has 0 spiro atoms. The summed E-state index contributed by atoms with van der Waals surface area (Å²) in [7, 11) is 0. The zero-order chi connectivity index (χ0) is 14.8. The first-order valence-corrected chi connectivity index (χ1v) is 6.95. The highest BCUT2D eigenvalue weighted by molar-refractivity contribution is 5.91. The smallest absolute Gasteiger partial charge is 0.226 e. The van der Waals surface area contributed by atoms with Crippen LogP contribution < -0.4 is 11.1 Å². The van der Waals surface area contributed by atoms with Gasteiger partial charge in [0.2, 0.25) is 5.91 Å².